The van der Waals surface area contributed by atoms with Crippen LogP contribution in [0.1, 0.15) is 25.8 Å². The summed E-state index contributed by atoms with van der Waals surface area (Å²) >= 11 is 0. The Labute approximate surface area is 229 Å². The number of hydrogen-bond donors (Lipinski definition) is 2. The highest BCUT2D eigenvalue weighted by Crippen LogP contribution is 2.37. The molecule has 4 rings (SSSR count). The summed E-state index contributed by atoms with van der Waals surface area (Å²) in [5, 5.41) is 7.06. The molecule has 4 aromatic rings. The number of anilines is 1. The van der Waals surface area contributed by atoms with Crippen LogP contribution in [-0.2, 0) is 11.0 Å². The molecule has 3 N–H and O–H groups in total. The van der Waals surface area contributed by atoms with E-state index in [-0.39, 0.29) is 58.9 Å². The molecule has 3 aromatic heterocycles. The number of amides is 1. The SMILES string of the molecule is CC(C)C(=O)NCCCOc1ccc(-c2ccc3ncc(-c4cnc(N)c(C(F)(F)F)c4)n3n2)cc1OC(F)(F)F. The normalized spacial score (nSPS) is 12.1. The van der Waals surface area contributed by atoms with Gasteiger partial charge in [-0.1, -0.05) is 13.8 Å². The van der Waals surface area contributed by atoms with Crippen molar-refractivity contribution in [2.24, 2.45) is 5.92 Å². The smallest absolute Gasteiger partial charge is 0.490 e. The van der Waals surface area contributed by atoms with Crippen molar-refractivity contribution < 1.29 is 40.6 Å². The summed E-state index contributed by atoms with van der Waals surface area (Å²) in [4.78, 5) is 19.4. The molecule has 0 radical (unpaired) electrons. The fraction of sp³-hybridized carbons (Fsp3) is 0.308. The number of pyridine rings is 1. The Kier molecular flexibility index (Phi) is 8.26. The van der Waals surface area contributed by atoms with Crippen molar-refractivity contribution in [2.75, 3.05) is 18.9 Å². The number of nitrogens with zero attached hydrogens (tertiary/aromatic N) is 4. The predicted molar refractivity (Wildman–Crippen MR) is 136 cm³/mol. The number of hydrogen-bond acceptors (Lipinski definition) is 7. The van der Waals surface area contributed by atoms with Crippen LogP contribution in [0, 0.1) is 5.92 Å². The van der Waals surface area contributed by atoms with E-state index in [0.29, 0.717) is 6.42 Å². The first-order valence-electron chi connectivity index (χ1n) is 12.2. The van der Waals surface area contributed by atoms with Gasteiger partial charge in [0, 0.05) is 29.8 Å². The first kappa shape index (κ1) is 29.4. The van der Waals surface area contributed by atoms with Gasteiger partial charge in [0.05, 0.1) is 29.8 Å². The standard InChI is InChI=1S/C26H24F6N6O3/c1-14(2)24(39)34-8-3-9-40-20-6-4-15(11-21(20)41-26(30,31)32)18-5-7-22-35-13-19(38(22)37-18)16-10-17(25(27,28)29)23(33)36-12-16/h4-7,10-14H,3,8-9H2,1-2H3,(H2,33,36)(H,34,39). The van der Waals surface area contributed by atoms with Crippen LogP contribution in [0.3, 0.4) is 0 Å². The minimum atomic E-state index is -5.02. The second-order valence-corrected chi connectivity index (χ2v) is 9.14. The van der Waals surface area contributed by atoms with Crippen molar-refractivity contribution >= 4 is 17.4 Å². The van der Waals surface area contributed by atoms with Gasteiger partial charge in [-0.3, -0.25) is 4.79 Å². The maximum absolute atomic E-state index is 13.4. The zero-order chi connectivity index (χ0) is 29.9. The molecule has 0 saturated carbocycles. The van der Waals surface area contributed by atoms with Gasteiger partial charge in [0.25, 0.3) is 0 Å². The Morgan fingerprint density at radius 3 is 2.44 bits per heavy atom. The molecule has 0 spiro atoms. The number of ether oxygens (including phenoxy) is 2. The largest absolute Gasteiger partial charge is 0.573 e. The number of benzene rings is 1. The number of rotatable bonds is 9. The number of aromatic nitrogens is 4. The van der Waals surface area contributed by atoms with Crippen LogP contribution in [0.2, 0.25) is 0 Å². The molecule has 0 fully saturated rings. The summed E-state index contributed by atoms with van der Waals surface area (Å²) < 4.78 is 90.5. The minimum absolute atomic E-state index is 0.00405. The lowest BCUT2D eigenvalue weighted by atomic mass is 10.1. The lowest BCUT2D eigenvalue weighted by molar-refractivity contribution is -0.275. The zero-order valence-electron chi connectivity index (χ0n) is 21.7. The fourth-order valence-corrected chi connectivity index (χ4v) is 3.73. The van der Waals surface area contributed by atoms with Gasteiger partial charge in [0.2, 0.25) is 5.91 Å². The van der Waals surface area contributed by atoms with Gasteiger partial charge < -0.3 is 20.5 Å². The van der Waals surface area contributed by atoms with Crippen molar-refractivity contribution in [2.45, 2.75) is 32.8 Å². The number of nitrogens with one attached hydrogen (secondary N) is 1. The molecule has 0 saturated heterocycles. The topological polar surface area (TPSA) is 117 Å². The van der Waals surface area contributed by atoms with Gasteiger partial charge in [-0.15, -0.1) is 13.2 Å². The summed E-state index contributed by atoms with van der Waals surface area (Å²) in [6, 6.07) is 7.62. The van der Waals surface area contributed by atoms with E-state index >= 15 is 0 Å². The zero-order valence-corrected chi connectivity index (χ0v) is 21.7. The molecule has 0 atom stereocenters. The van der Waals surface area contributed by atoms with Crippen LogP contribution in [-0.4, -0.2) is 45.0 Å². The highest BCUT2D eigenvalue weighted by atomic mass is 19.4. The van der Waals surface area contributed by atoms with Crippen molar-refractivity contribution in [3.05, 3.63) is 54.4 Å². The van der Waals surface area contributed by atoms with E-state index in [1.54, 1.807) is 13.8 Å². The number of alkyl halides is 6. The number of imidazole rings is 1. The average Bonchev–Trinajstić information content (AvgIpc) is 3.31. The molecule has 0 aliphatic heterocycles. The molecular formula is C26H24F6N6O3. The summed E-state index contributed by atoms with van der Waals surface area (Å²) in [5.41, 5.74) is 5.08. The predicted octanol–water partition coefficient (Wildman–Crippen LogP) is 5.50. The van der Waals surface area contributed by atoms with Gasteiger partial charge in [-0.25, -0.2) is 14.5 Å². The number of nitrogen functional groups attached to an aromatic ring is 1. The van der Waals surface area contributed by atoms with E-state index < -0.39 is 29.7 Å². The van der Waals surface area contributed by atoms with Gasteiger partial charge in [-0.2, -0.15) is 18.3 Å². The molecule has 218 valence electrons. The molecule has 0 unspecified atom stereocenters. The highest BCUT2D eigenvalue weighted by Gasteiger charge is 2.35. The van der Waals surface area contributed by atoms with Crippen molar-refractivity contribution in [3.63, 3.8) is 0 Å². The van der Waals surface area contributed by atoms with E-state index in [0.717, 1.165) is 18.3 Å². The second kappa shape index (κ2) is 11.5. The third kappa shape index (κ3) is 7.15. The van der Waals surface area contributed by atoms with E-state index in [9.17, 15) is 31.1 Å². The summed E-state index contributed by atoms with van der Waals surface area (Å²) in [5.74, 6) is -1.86. The van der Waals surface area contributed by atoms with Crippen molar-refractivity contribution in [1.82, 2.24) is 24.9 Å². The Balaban J connectivity index is 1.62. The summed E-state index contributed by atoms with van der Waals surface area (Å²) in [6.07, 6.45) is -7.00. The third-order valence-corrected chi connectivity index (χ3v) is 5.75. The molecule has 0 bridgehead atoms. The van der Waals surface area contributed by atoms with Crippen LogP contribution in [0.5, 0.6) is 11.5 Å². The van der Waals surface area contributed by atoms with Gasteiger partial charge in [0.1, 0.15) is 5.82 Å². The molecule has 1 amide bonds. The summed E-state index contributed by atoms with van der Waals surface area (Å²) in [6.45, 7) is 3.74. The highest BCUT2D eigenvalue weighted by molar-refractivity contribution is 5.77. The van der Waals surface area contributed by atoms with E-state index in [1.807, 2.05) is 0 Å². The summed E-state index contributed by atoms with van der Waals surface area (Å²) in [7, 11) is 0. The number of carbonyl (C=O) groups is 1. The van der Waals surface area contributed by atoms with Crippen molar-refractivity contribution in [3.8, 4) is 34.0 Å². The number of carbonyl (C=O) groups excluding carboxylic acids is 1. The molecule has 3 heterocycles. The van der Waals surface area contributed by atoms with Crippen LogP contribution < -0.4 is 20.5 Å². The van der Waals surface area contributed by atoms with Crippen LogP contribution in [0.4, 0.5) is 32.2 Å². The number of halogens is 6. The van der Waals surface area contributed by atoms with Gasteiger partial charge in [-0.05, 0) is 42.8 Å². The number of fused-ring (bicyclic) bond motifs is 1. The van der Waals surface area contributed by atoms with E-state index in [4.69, 9.17) is 10.5 Å². The van der Waals surface area contributed by atoms with Crippen LogP contribution in [0.15, 0.2) is 48.8 Å². The monoisotopic (exact) mass is 582 g/mol. The molecule has 9 nitrogen and oxygen atoms in total. The molecule has 41 heavy (non-hydrogen) atoms. The average molecular weight is 583 g/mol. The second-order valence-electron chi connectivity index (χ2n) is 9.14. The van der Waals surface area contributed by atoms with Crippen LogP contribution >= 0.6 is 0 Å². The first-order chi connectivity index (χ1) is 19.2. The molecule has 15 heteroatoms. The van der Waals surface area contributed by atoms with Gasteiger partial charge in [0.15, 0.2) is 17.1 Å². The fourth-order valence-electron chi connectivity index (χ4n) is 3.73. The quantitative estimate of drug-likeness (QED) is 0.198. The molecule has 0 aliphatic carbocycles. The third-order valence-electron chi connectivity index (χ3n) is 5.75. The molecule has 1 aromatic carbocycles. The van der Waals surface area contributed by atoms with Crippen molar-refractivity contribution in [1.29, 1.82) is 0 Å². The maximum atomic E-state index is 13.4. The Morgan fingerprint density at radius 1 is 1.00 bits per heavy atom. The molecule has 0 aliphatic rings. The Hall–Kier alpha value is -4.56. The molecular weight excluding hydrogens is 558 g/mol. The lowest BCUT2D eigenvalue weighted by Crippen LogP contribution is -2.29. The van der Waals surface area contributed by atoms with Crippen LogP contribution in [0.25, 0.3) is 28.2 Å². The van der Waals surface area contributed by atoms with E-state index in [1.165, 1.54) is 35.0 Å². The lowest BCUT2D eigenvalue weighted by Gasteiger charge is -2.16. The minimum Gasteiger partial charge on any atom is -0.490 e. The van der Waals surface area contributed by atoms with E-state index in [2.05, 4.69) is 25.1 Å². The first-order valence-corrected chi connectivity index (χ1v) is 12.2. The maximum Gasteiger partial charge on any atom is 0.573 e. The Bertz CT molecular complexity index is 1550. The van der Waals surface area contributed by atoms with Gasteiger partial charge >= 0.3 is 12.5 Å². The number of nitrogens with two attached hydrogens (primary N) is 1. The Morgan fingerprint density at radius 2 is 1.76 bits per heavy atom.